The highest BCUT2D eigenvalue weighted by Gasteiger charge is 2.24. The molecule has 0 spiro atoms. The van der Waals surface area contributed by atoms with Crippen LogP contribution in [0.15, 0.2) is 64.5 Å². The van der Waals surface area contributed by atoms with Crippen LogP contribution in [-0.2, 0) is 11.8 Å². The molecule has 0 saturated carbocycles. The Morgan fingerprint density at radius 1 is 1.16 bits per heavy atom. The van der Waals surface area contributed by atoms with Crippen molar-refractivity contribution >= 4 is 45.5 Å². The van der Waals surface area contributed by atoms with E-state index >= 15 is 0 Å². The molecule has 6 heteroatoms. The molecular weight excluding hydrogens is 334 g/mol. The van der Waals surface area contributed by atoms with E-state index in [1.54, 1.807) is 24.3 Å². The van der Waals surface area contributed by atoms with Crippen LogP contribution in [0.4, 0.5) is 5.69 Å². The van der Waals surface area contributed by atoms with Gasteiger partial charge in [0.15, 0.2) is 5.17 Å². The Morgan fingerprint density at radius 2 is 2.00 bits per heavy atom. The number of hydrogen-bond acceptors (Lipinski definition) is 4. The molecule has 0 unspecified atom stereocenters. The van der Waals surface area contributed by atoms with Crippen molar-refractivity contribution in [2.75, 3.05) is 0 Å². The summed E-state index contributed by atoms with van der Waals surface area (Å²) < 4.78 is 2.06. The van der Waals surface area contributed by atoms with Crippen molar-refractivity contribution in [2.24, 2.45) is 12.0 Å². The maximum Gasteiger partial charge on any atom is 0.264 e. The average molecular weight is 349 g/mol. The third-order valence-corrected chi connectivity index (χ3v) is 4.89. The first-order chi connectivity index (χ1) is 12.1. The molecule has 2 aromatic carbocycles. The van der Waals surface area contributed by atoms with Gasteiger partial charge in [-0.3, -0.25) is 4.79 Å². The van der Waals surface area contributed by atoms with Crippen molar-refractivity contribution in [3.63, 3.8) is 0 Å². The first-order valence-corrected chi connectivity index (χ1v) is 8.55. The van der Waals surface area contributed by atoms with Crippen LogP contribution in [0.25, 0.3) is 17.0 Å². The minimum atomic E-state index is -0.172. The standard InChI is InChI=1S/C19H15N3O2S/c1-22-14(9-12-5-2-3-8-16(12)22)11-17-18(24)21-19(25-17)20-13-6-4-7-15(23)10-13/h2-11,23H,1H3,(H,20,21,24). The van der Waals surface area contributed by atoms with Gasteiger partial charge < -0.3 is 15.0 Å². The lowest BCUT2D eigenvalue weighted by Crippen LogP contribution is -2.19. The van der Waals surface area contributed by atoms with E-state index in [1.165, 1.54) is 11.8 Å². The summed E-state index contributed by atoms with van der Waals surface area (Å²) in [6, 6.07) is 16.8. The number of phenolic OH excluding ortho intramolecular Hbond substituents is 1. The number of hydrogen-bond donors (Lipinski definition) is 2. The van der Waals surface area contributed by atoms with Gasteiger partial charge in [-0.1, -0.05) is 24.3 Å². The van der Waals surface area contributed by atoms with Crippen LogP contribution in [-0.4, -0.2) is 20.7 Å². The third kappa shape index (κ3) is 3.04. The zero-order valence-electron chi connectivity index (χ0n) is 13.4. The summed E-state index contributed by atoms with van der Waals surface area (Å²) in [5, 5.41) is 13.9. The van der Waals surface area contributed by atoms with Crippen molar-refractivity contribution in [3.05, 3.63) is 65.2 Å². The second-order valence-electron chi connectivity index (χ2n) is 5.69. The van der Waals surface area contributed by atoms with E-state index in [9.17, 15) is 9.90 Å². The molecule has 2 N–H and O–H groups in total. The van der Waals surface area contributed by atoms with Gasteiger partial charge in [0, 0.05) is 29.7 Å². The summed E-state index contributed by atoms with van der Waals surface area (Å²) in [6.45, 7) is 0. The Labute approximate surface area is 148 Å². The van der Waals surface area contributed by atoms with E-state index in [-0.39, 0.29) is 11.7 Å². The van der Waals surface area contributed by atoms with Gasteiger partial charge in [-0.05, 0) is 42.1 Å². The second-order valence-corrected chi connectivity index (χ2v) is 6.72. The molecule has 1 aliphatic heterocycles. The van der Waals surface area contributed by atoms with E-state index in [4.69, 9.17) is 0 Å². The summed E-state index contributed by atoms with van der Waals surface area (Å²) in [4.78, 5) is 17.2. The van der Waals surface area contributed by atoms with Gasteiger partial charge in [0.25, 0.3) is 5.91 Å². The molecule has 4 rings (SSSR count). The molecule has 1 aliphatic rings. The molecular formula is C19H15N3O2S. The van der Waals surface area contributed by atoms with E-state index in [2.05, 4.69) is 20.9 Å². The highest BCUT2D eigenvalue weighted by Crippen LogP contribution is 2.30. The molecule has 25 heavy (non-hydrogen) atoms. The maximum absolute atomic E-state index is 12.2. The number of amides is 1. The Bertz CT molecular complexity index is 1050. The van der Waals surface area contributed by atoms with Crippen LogP contribution < -0.4 is 5.32 Å². The fourth-order valence-electron chi connectivity index (χ4n) is 2.74. The lowest BCUT2D eigenvalue weighted by molar-refractivity contribution is -0.115. The largest absolute Gasteiger partial charge is 0.508 e. The molecule has 3 aromatic rings. The quantitative estimate of drug-likeness (QED) is 0.692. The number of amidine groups is 1. The number of nitrogens with one attached hydrogen (secondary N) is 1. The smallest absolute Gasteiger partial charge is 0.264 e. The fourth-order valence-corrected chi connectivity index (χ4v) is 3.57. The summed E-state index contributed by atoms with van der Waals surface area (Å²) in [5.41, 5.74) is 2.66. The van der Waals surface area contributed by atoms with E-state index in [1.807, 2.05) is 37.4 Å². The number of carbonyl (C=O) groups is 1. The number of aromatic hydroxyl groups is 1. The first-order valence-electron chi connectivity index (χ1n) is 7.73. The first kappa shape index (κ1) is 15.5. The second kappa shape index (κ2) is 6.14. The van der Waals surface area contributed by atoms with Gasteiger partial charge >= 0.3 is 0 Å². The molecule has 0 radical (unpaired) electrons. The summed E-state index contributed by atoms with van der Waals surface area (Å²) >= 11 is 1.29. The fraction of sp³-hybridized carbons (Fsp3) is 0.0526. The van der Waals surface area contributed by atoms with Gasteiger partial charge in [-0.2, -0.15) is 0 Å². The van der Waals surface area contributed by atoms with Crippen LogP contribution >= 0.6 is 11.8 Å². The molecule has 1 amide bonds. The lowest BCUT2D eigenvalue weighted by atomic mass is 10.2. The van der Waals surface area contributed by atoms with Gasteiger partial charge in [0.05, 0.1) is 10.6 Å². The zero-order chi connectivity index (χ0) is 17.4. The van der Waals surface area contributed by atoms with Gasteiger partial charge in [-0.25, -0.2) is 4.99 Å². The number of aliphatic imine (C=N–C) groups is 1. The van der Waals surface area contributed by atoms with Crippen LogP contribution in [0.5, 0.6) is 5.75 Å². The van der Waals surface area contributed by atoms with Crippen molar-refractivity contribution in [3.8, 4) is 5.75 Å². The Hall–Kier alpha value is -2.99. The molecule has 1 fully saturated rings. The van der Waals surface area contributed by atoms with Gasteiger partial charge in [0.2, 0.25) is 0 Å². The maximum atomic E-state index is 12.2. The predicted molar refractivity (Wildman–Crippen MR) is 102 cm³/mol. The number of phenols is 1. The third-order valence-electron chi connectivity index (χ3n) is 3.98. The molecule has 0 aliphatic carbocycles. The molecule has 124 valence electrons. The highest BCUT2D eigenvalue weighted by atomic mass is 32.2. The van der Waals surface area contributed by atoms with E-state index < -0.39 is 0 Å². The predicted octanol–water partition coefficient (Wildman–Crippen LogP) is 3.78. The average Bonchev–Trinajstić information content (AvgIpc) is 3.09. The number of benzene rings is 2. The van der Waals surface area contributed by atoms with Gasteiger partial charge in [-0.15, -0.1) is 0 Å². The van der Waals surface area contributed by atoms with Crippen molar-refractivity contribution in [1.82, 2.24) is 9.88 Å². The van der Waals surface area contributed by atoms with Gasteiger partial charge in [0.1, 0.15) is 5.75 Å². The summed E-state index contributed by atoms with van der Waals surface area (Å²) in [6.07, 6.45) is 1.87. The van der Waals surface area contributed by atoms with Crippen LogP contribution in [0.3, 0.4) is 0 Å². The lowest BCUT2D eigenvalue weighted by Gasteiger charge is -1.99. The number of aryl methyl sites for hydroxylation is 1. The van der Waals surface area contributed by atoms with Crippen molar-refractivity contribution < 1.29 is 9.90 Å². The molecule has 5 nitrogen and oxygen atoms in total. The number of para-hydroxylation sites is 1. The molecule has 0 atom stereocenters. The summed E-state index contributed by atoms with van der Waals surface area (Å²) in [5.74, 6) is -0.0309. The normalized spacial score (nSPS) is 17.6. The monoisotopic (exact) mass is 349 g/mol. The van der Waals surface area contributed by atoms with Crippen LogP contribution in [0, 0.1) is 0 Å². The van der Waals surface area contributed by atoms with Crippen molar-refractivity contribution in [1.29, 1.82) is 0 Å². The zero-order valence-corrected chi connectivity index (χ0v) is 14.2. The number of thioether (sulfide) groups is 1. The Morgan fingerprint density at radius 3 is 2.80 bits per heavy atom. The van der Waals surface area contributed by atoms with E-state index in [0.29, 0.717) is 15.8 Å². The van der Waals surface area contributed by atoms with Crippen LogP contribution in [0.1, 0.15) is 5.69 Å². The number of aromatic nitrogens is 1. The SMILES string of the molecule is Cn1c(C=C2SC(=Nc3cccc(O)c3)NC2=O)cc2ccccc21. The minimum Gasteiger partial charge on any atom is -0.508 e. The summed E-state index contributed by atoms with van der Waals surface area (Å²) in [7, 11) is 1.98. The number of rotatable bonds is 2. The topological polar surface area (TPSA) is 66.6 Å². The number of nitrogens with zero attached hydrogens (tertiary/aromatic N) is 2. The minimum absolute atomic E-state index is 0.141. The van der Waals surface area contributed by atoms with Crippen LogP contribution in [0.2, 0.25) is 0 Å². The Kier molecular flexibility index (Phi) is 3.82. The molecule has 0 bridgehead atoms. The highest BCUT2D eigenvalue weighted by molar-refractivity contribution is 8.18. The molecule has 2 heterocycles. The molecule has 1 aromatic heterocycles. The van der Waals surface area contributed by atoms with E-state index in [0.717, 1.165) is 16.6 Å². The number of carbonyl (C=O) groups excluding carboxylic acids is 1. The Balaban J connectivity index is 1.65. The molecule has 1 saturated heterocycles. The number of fused-ring (bicyclic) bond motifs is 1. The van der Waals surface area contributed by atoms with Crippen molar-refractivity contribution in [2.45, 2.75) is 0 Å².